The molecule has 1 aliphatic rings. The van der Waals surface area contributed by atoms with Gasteiger partial charge in [0.05, 0.1) is 0 Å². The monoisotopic (exact) mass is 198 g/mol. The summed E-state index contributed by atoms with van der Waals surface area (Å²) in [6.45, 7) is 8.64. The highest BCUT2D eigenvalue weighted by Crippen LogP contribution is 2.41. The van der Waals surface area contributed by atoms with E-state index in [1.807, 2.05) is 6.92 Å². The van der Waals surface area contributed by atoms with Gasteiger partial charge in [0.2, 0.25) is 0 Å². The van der Waals surface area contributed by atoms with Gasteiger partial charge in [-0.05, 0) is 31.1 Å². The summed E-state index contributed by atoms with van der Waals surface area (Å²) in [4.78, 5) is 11.7. The Kier molecular flexibility index (Phi) is 3.05. The van der Waals surface area contributed by atoms with Crippen LogP contribution >= 0.6 is 0 Å². The molecule has 0 aromatic carbocycles. The minimum absolute atomic E-state index is 0.264. The molecule has 82 valence electrons. The topological polar surface area (TPSA) is 26.3 Å². The molecule has 0 aliphatic heterocycles. The second-order valence-electron chi connectivity index (χ2n) is 5.66. The fourth-order valence-corrected chi connectivity index (χ4v) is 2.19. The van der Waals surface area contributed by atoms with Gasteiger partial charge < -0.3 is 4.74 Å². The first-order valence-electron chi connectivity index (χ1n) is 5.38. The Bertz CT molecular complexity index is 227. The lowest BCUT2D eigenvalue weighted by Crippen LogP contribution is -2.45. The maximum Gasteiger partial charge on any atom is 0.164 e. The summed E-state index contributed by atoms with van der Waals surface area (Å²) in [6.07, 6.45) is 2.55. The van der Waals surface area contributed by atoms with Gasteiger partial charge in [-0.15, -0.1) is 0 Å². The number of methoxy groups -OCH3 is 1. The third-order valence-electron chi connectivity index (χ3n) is 3.62. The van der Waals surface area contributed by atoms with E-state index in [0.717, 1.165) is 12.8 Å². The molecular weight excluding hydrogens is 176 g/mol. The van der Waals surface area contributed by atoms with Gasteiger partial charge in [-0.1, -0.05) is 20.8 Å². The van der Waals surface area contributed by atoms with Crippen LogP contribution in [0.5, 0.6) is 0 Å². The third-order valence-corrected chi connectivity index (χ3v) is 3.62. The van der Waals surface area contributed by atoms with Crippen LogP contribution in [0.4, 0.5) is 0 Å². The molecule has 0 amide bonds. The second-order valence-corrected chi connectivity index (χ2v) is 5.66. The molecule has 2 atom stereocenters. The van der Waals surface area contributed by atoms with Crippen LogP contribution in [0.15, 0.2) is 0 Å². The largest absolute Gasteiger partial charge is 0.371 e. The van der Waals surface area contributed by atoms with Crippen molar-refractivity contribution in [2.45, 2.75) is 52.6 Å². The Morgan fingerprint density at radius 1 is 1.43 bits per heavy atom. The molecule has 1 aliphatic carbocycles. The van der Waals surface area contributed by atoms with Gasteiger partial charge >= 0.3 is 0 Å². The van der Waals surface area contributed by atoms with Crippen LogP contribution in [0.2, 0.25) is 0 Å². The molecule has 1 fully saturated rings. The molecule has 1 rings (SSSR count). The Labute approximate surface area is 87.0 Å². The van der Waals surface area contributed by atoms with Gasteiger partial charge in [-0.25, -0.2) is 0 Å². The summed E-state index contributed by atoms with van der Waals surface area (Å²) in [5.41, 5.74) is -0.253. The minimum atomic E-state index is -0.532. The van der Waals surface area contributed by atoms with Crippen molar-refractivity contribution < 1.29 is 9.53 Å². The highest BCUT2D eigenvalue weighted by atomic mass is 16.5. The SMILES string of the molecule is CO[C@]1(C)C[C@@H](C(C)(C)C)CCC1=O. The Hall–Kier alpha value is -0.370. The predicted molar refractivity (Wildman–Crippen MR) is 57.2 cm³/mol. The van der Waals surface area contributed by atoms with Crippen molar-refractivity contribution in [3.8, 4) is 0 Å². The quantitative estimate of drug-likeness (QED) is 0.647. The van der Waals surface area contributed by atoms with Crippen molar-refractivity contribution in [1.29, 1.82) is 0 Å². The summed E-state index contributed by atoms with van der Waals surface area (Å²) >= 11 is 0. The lowest BCUT2D eigenvalue weighted by molar-refractivity contribution is -0.147. The van der Waals surface area contributed by atoms with Crippen LogP contribution in [0.25, 0.3) is 0 Å². The van der Waals surface area contributed by atoms with E-state index < -0.39 is 5.60 Å². The molecule has 0 spiro atoms. The first-order chi connectivity index (χ1) is 6.29. The molecule has 2 nitrogen and oxygen atoms in total. The minimum Gasteiger partial charge on any atom is -0.371 e. The van der Waals surface area contributed by atoms with Gasteiger partial charge in [-0.2, -0.15) is 0 Å². The van der Waals surface area contributed by atoms with E-state index >= 15 is 0 Å². The molecule has 0 heterocycles. The second kappa shape index (κ2) is 3.65. The molecule has 0 radical (unpaired) electrons. The average molecular weight is 198 g/mol. The van der Waals surface area contributed by atoms with E-state index in [9.17, 15) is 4.79 Å². The number of rotatable bonds is 1. The van der Waals surface area contributed by atoms with Crippen molar-refractivity contribution >= 4 is 5.78 Å². The number of ketones is 1. The molecular formula is C12H22O2. The number of hydrogen-bond donors (Lipinski definition) is 0. The number of Topliss-reactive ketones (excluding diaryl/α,β-unsaturated/α-hetero) is 1. The fourth-order valence-electron chi connectivity index (χ4n) is 2.19. The highest BCUT2D eigenvalue weighted by Gasteiger charge is 2.42. The summed E-state index contributed by atoms with van der Waals surface area (Å²) in [5.74, 6) is 0.852. The standard InChI is InChI=1S/C12H22O2/c1-11(2,3)9-6-7-10(13)12(4,8-9)14-5/h9H,6-8H2,1-5H3/t9-,12+/m0/s1. The summed E-state index contributed by atoms with van der Waals surface area (Å²) in [7, 11) is 1.64. The van der Waals surface area contributed by atoms with Crippen LogP contribution in [0.3, 0.4) is 0 Å². The summed E-state index contributed by atoms with van der Waals surface area (Å²) in [5, 5.41) is 0. The number of carbonyl (C=O) groups excluding carboxylic acids is 1. The first-order valence-corrected chi connectivity index (χ1v) is 5.38. The Balaban J connectivity index is 2.77. The van der Waals surface area contributed by atoms with Crippen molar-refractivity contribution in [2.75, 3.05) is 7.11 Å². The predicted octanol–water partition coefficient (Wildman–Crippen LogP) is 2.81. The molecule has 0 unspecified atom stereocenters. The van der Waals surface area contributed by atoms with Crippen LogP contribution < -0.4 is 0 Å². The Morgan fingerprint density at radius 3 is 2.43 bits per heavy atom. The van der Waals surface area contributed by atoms with E-state index in [1.54, 1.807) is 7.11 Å². The van der Waals surface area contributed by atoms with E-state index in [4.69, 9.17) is 4.74 Å². The number of hydrogen-bond acceptors (Lipinski definition) is 2. The van der Waals surface area contributed by atoms with E-state index in [0.29, 0.717) is 12.3 Å². The van der Waals surface area contributed by atoms with Crippen molar-refractivity contribution in [3.05, 3.63) is 0 Å². The third kappa shape index (κ3) is 2.17. The van der Waals surface area contributed by atoms with Crippen LogP contribution in [-0.4, -0.2) is 18.5 Å². The van der Waals surface area contributed by atoms with E-state index in [-0.39, 0.29) is 11.2 Å². The molecule has 0 saturated heterocycles. The van der Waals surface area contributed by atoms with E-state index in [2.05, 4.69) is 20.8 Å². The van der Waals surface area contributed by atoms with Crippen LogP contribution in [0, 0.1) is 11.3 Å². The molecule has 0 aromatic heterocycles. The lowest BCUT2D eigenvalue weighted by atomic mass is 9.67. The number of carbonyl (C=O) groups is 1. The normalized spacial score (nSPS) is 34.6. The van der Waals surface area contributed by atoms with Crippen LogP contribution in [0.1, 0.15) is 47.0 Å². The Morgan fingerprint density at radius 2 is 2.00 bits per heavy atom. The fraction of sp³-hybridized carbons (Fsp3) is 0.917. The van der Waals surface area contributed by atoms with Crippen molar-refractivity contribution in [1.82, 2.24) is 0 Å². The highest BCUT2D eigenvalue weighted by molar-refractivity contribution is 5.87. The molecule has 14 heavy (non-hydrogen) atoms. The lowest BCUT2D eigenvalue weighted by Gasteiger charge is -2.41. The zero-order valence-electron chi connectivity index (χ0n) is 10.0. The van der Waals surface area contributed by atoms with Gasteiger partial charge in [0.15, 0.2) is 5.78 Å². The van der Waals surface area contributed by atoms with Crippen LogP contribution in [-0.2, 0) is 9.53 Å². The van der Waals surface area contributed by atoms with Gasteiger partial charge in [0.1, 0.15) is 5.60 Å². The average Bonchev–Trinajstić information content (AvgIpc) is 2.08. The van der Waals surface area contributed by atoms with Crippen molar-refractivity contribution in [3.63, 3.8) is 0 Å². The smallest absolute Gasteiger partial charge is 0.164 e. The van der Waals surface area contributed by atoms with Gasteiger partial charge in [-0.3, -0.25) is 4.79 Å². The summed E-state index contributed by atoms with van der Waals surface area (Å²) < 4.78 is 5.37. The number of ether oxygens (including phenoxy) is 1. The van der Waals surface area contributed by atoms with E-state index in [1.165, 1.54) is 0 Å². The zero-order valence-corrected chi connectivity index (χ0v) is 10.0. The zero-order chi connectivity index (χ0) is 11.0. The first kappa shape index (κ1) is 11.7. The molecule has 0 aromatic rings. The molecule has 0 N–H and O–H groups in total. The molecule has 0 bridgehead atoms. The van der Waals surface area contributed by atoms with Gasteiger partial charge in [0.25, 0.3) is 0 Å². The summed E-state index contributed by atoms with van der Waals surface area (Å²) in [6, 6.07) is 0. The van der Waals surface area contributed by atoms with Gasteiger partial charge in [0, 0.05) is 13.5 Å². The maximum absolute atomic E-state index is 11.7. The molecule has 1 saturated carbocycles. The maximum atomic E-state index is 11.7. The molecule has 2 heteroatoms. The van der Waals surface area contributed by atoms with Crippen molar-refractivity contribution in [2.24, 2.45) is 11.3 Å².